The normalized spacial score (nSPS) is 12.4. The Labute approximate surface area is 496 Å². The van der Waals surface area contributed by atoms with Crippen molar-refractivity contribution in [2.45, 2.75) is 73.1 Å². The summed E-state index contributed by atoms with van der Waals surface area (Å²) in [5.74, 6) is -1.90. The largest absolute Gasteiger partial charge is 0.494 e. The molecule has 2 aromatic carbocycles. The number of nitrogens with zero attached hydrogens (tertiary/aromatic N) is 9. The van der Waals surface area contributed by atoms with Crippen LogP contribution in [0.3, 0.4) is 0 Å². The molecule has 1 aliphatic rings. The van der Waals surface area contributed by atoms with Crippen molar-refractivity contribution >= 4 is 69.2 Å². The molecule has 28 nitrogen and oxygen atoms in total. The molecule has 6 amide bonds. The highest BCUT2D eigenvalue weighted by atomic mass is 16.6. The monoisotopic (exact) mass is 1190 g/mol. The van der Waals surface area contributed by atoms with Gasteiger partial charge >= 0.3 is 0 Å². The van der Waals surface area contributed by atoms with Crippen molar-refractivity contribution < 1.29 is 71.5 Å². The molecule has 462 valence electrons. The Bertz CT molecular complexity index is 3400. The maximum atomic E-state index is 14.1. The molecule has 0 saturated carbocycles. The summed E-state index contributed by atoms with van der Waals surface area (Å²) in [5.41, 5.74) is 15.5. The first-order valence-corrected chi connectivity index (χ1v) is 28.3. The molecule has 1 aliphatic heterocycles. The Balaban J connectivity index is 0.894. The number of hydrogen-bond acceptors (Lipinski definition) is 19. The van der Waals surface area contributed by atoms with Gasteiger partial charge < -0.3 is 63.8 Å². The highest BCUT2D eigenvalue weighted by molar-refractivity contribution is 6.13. The molecule has 0 fully saturated rings. The quantitative estimate of drug-likeness (QED) is 0.0186. The summed E-state index contributed by atoms with van der Waals surface area (Å²) in [6, 6.07) is 9.49. The number of benzene rings is 2. The minimum Gasteiger partial charge on any atom is -0.494 e. The van der Waals surface area contributed by atoms with Crippen molar-refractivity contribution in [1.29, 1.82) is 0 Å². The van der Waals surface area contributed by atoms with Gasteiger partial charge in [0.1, 0.15) is 39.7 Å². The predicted octanol–water partition coefficient (Wildman–Crippen LogP) is 2.88. The second-order valence-electron chi connectivity index (χ2n) is 19.4. The number of ketones is 1. The van der Waals surface area contributed by atoms with Gasteiger partial charge in [0.15, 0.2) is 5.78 Å². The molecule has 0 bridgehead atoms. The summed E-state index contributed by atoms with van der Waals surface area (Å²) in [6.07, 6.45) is 6.53. The molecular weight excluding hydrogens is 1120 g/mol. The Morgan fingerprint density at radius 2 is 1.10 bits per heavy atom. The number of ether oxygens (including phenoxy) is 8. The molecule has 7 rings (SSSR count). The lowest BCUT2D eigenvalue weighted by Gasteiger charge is -2.13. The van der Waals surface area contributed by atoms with E-state index in [1.807, 2.05) is 37.5 Å². The van der Waals surface area contributed by atoms with Gasteiger partial charge in [0.2, 0.25) is 23.7 Å². The van der Waals surface area contributed by atoms with Gasteiger partial charge in [-0.25, -0.2) is 9.97 Å². The number of methoxy groups -OCH3 is 1. The minimum absolute atomic E-state index is 0.120. The van der Waals surface area contributed by atoms with Crippen LogP contribution in [0.2, 0.25) is 0 Å². The molecular formula is C58H75N13O15. The number of carbonyl (C=O) groups excluding carboxylic acids is 7. The Morgan fingerprint density at radius 1 is 0.605 bits per heavy atom. The summed E-state index contributed by atoms with van der Waals surface area (Å²) < 4.78 is 51.8. The summed E-state index contributed by atoms with van der Waals surface area (Å²) in [7, 11) is 1.45. The van der Waals surface area contributed by atoms with Crippen LogP contribution < -0.4 is 31.6 Å². The van der Waals surface area contributed by atoms with E-state index in [0.29, 0.717) is 142 Å². The molecule has 0 spiro atoms. The molecule has 0 atom stereocenters. The van der Waals surface area contributed by atoms with Crippen LogP contribution >= 0.6 is 0 Å². The molecule has 28 heteroatoms. The second kappa shape index (κ2) is 32.6. The molecule has 0 unspecified atom stereocenters. The standard InChI is InChI=1S/C58H75N13O15/c1-6-70-44(31-38(3)65-70)46(72)37-49-62-42-33-41(56(60)77)36-48(86-18-10-14-61-50(73)13-19-80-21-23-82-25-27-84-29-30-85-28-26-83-24-22-81-20-17-68-51(74)11-12-52(68)75)54(42)67(49)15-8-9-16-69-53-43(34-40(55(59)76)35-47(53)79-5)63-58(69)64-57(78)45-32-39(4)66-71(45)7-2/h8-9,11-12,31-36H,6-7,10,13-30,37H2,1-5H3,(H2,59,76)(H2,60,77)(H,61,73)(H,63,64,78)/b9-8+. The number of imidazole rings is 2. The smallest absolute Gasteiger partial charge is 0.276 e. The summed E-state index contributed by atoms with van der Waals surface area (Å²) in [5, 5.41) is 14.7. The zero-order chi connectivity index (χ0) is 61.5. The van der Waals surface area contributed by atoms with Crippen molar-refractivity contribution in [1.82, 2.24) is 48.9 Å². The van der Waals surface area contributed by atoms with Gasteiger partial charge in [0.05, 0.1) is 128 Å². The zero-order valence-electron chi connectivity index (χ0n) is 49.1. The minimum atomic E-state index is -0.716. The Kier molecular flexibility index (Phi) is 24.6. The van der Waals surface area contributed by atoms with Gasteiger partial charge in [-0.15, -0.1) is 0 Å². The number of hydrogen-bond donors (Lipinski definition) is 4. The van der Waals surface area contributed by atoms with Crippen molar-refractivity contribution in [2.24, 2.45) is 11.5 Å². The van der Waals surface area contributed by atoms with E-state index in [0.717, 1.165) is 4.90 Å². The van der Waals surface area contributed by atoms with E-state index in [2.05, 4.69) is 20.8 Å². The van der Waals surface area contributed by atoms with Crippen molar-refractivity contribution in [3.8, 4) is 11.5 Å². The molecule has 0 aliphatic carbocycles. The first-order valence-electron chi connectivity index (χ1n) is 28.3. The molecule has 0 radical (unpaired) electrons. The average Bonchev–Trinajstić information content (AvgIpc) is 2.93. The lowest BCUT2D eigenvalue weighted by molar-refractivity contribution is -0.137. The number of fused-ring (bicyclic) bond motifs is 2. The number of amides is 6. The molecule has 4 aromatic heterocycles. The number of nitrogens with two attached hydrogens (primary N) is 2. The molecule has 6 aromatic rings. The number of aryl methyl sites for hydroxylation is 4. The fourth-order valence-electron chi connectivity index (χ4n) is 9.15. The van der Waals surface area contributed by atoms with Gasteiger partial charge in [0, 0.05) is 62.4 Å². The van der Waals surface area contributed by atoms with Crippen LogP contribution in [-0.2, 0) is 75.4 Å². The van der Waals surface area contributed by atoms with Crippen molar-refractivity contribution in [2.75, 3.05) is 111 Å². The van der Waals surface area contributed by atoms with E-state index in [1.165, 1.54) is 37.5 Å². The lowest BCUT2D eigenvalue weighted by atomic mass is 10.1. The Hall–Kier alpha value is -8.67. The third-order valence-corrected chi connectivity index (χ3v) is 13.3. The molecule has 5 heterocycles. The van der Waals surface area contributed by atoms with Crippen LogP contribution in [-0.4, -0.2) is 191 Å². The van der Waals surface area contributed by atoms with E-state index in [4.69, 9.17) is 59.3 Å². The van der Waals surface area contributed by atoms with Crippen LogP contribution in [0.15, 0.2) is 60.7 Å². The number of allylic oxidation sites excluding steroid dienone is 2. The van der Waals surface area contributed by atoms with Crippen LogP contribution in [0.5, 0.6) is 11.5 Å². The number of rotatable bonds is 40. The topological polar surface area (TPSA) is 344 Å². The van der Waals surface area contributed by atoms with Crippen molar-refractivity contribution in [3.63, 3.8) is 0 Å². The fourth-order valence-corrected chi connectivity index (χ4v) is 9.15. The highest BCUT2D eigenvalue weighted by Crippen LogP contribution is 2.33. The van der Waals surface area contributed by atoms with Crippen molar-refractivity contribution in [3.05, 3.63) is 100 Å². The van der Waals surface area contributed by atoms with Crippen LogP contribution in [0.4, 0.5) is 5.95 Å². The van der Waals surface area contributed by atoms with E-state index >= 15 is 0 Å². The summed E-state index contributed by atoms with van der Waals surface area (Å²) in [4.78, 5) is 99.3. The van der Waals surface area contributed by atoms with E-state index in [9.17, 15) is 33.6 Å². The van der Waals surface area contributed by atoms with Crippen LogP contribution in [0.25, 0.3) is 22.1 Å². The number of aromatic nitrogens is 8. The molecule has 86 heavy (non-hydrogen) atoms. The Morgan fingerprint density at radius 3 is 1.66 bits per heavy atom. The van der Waals surface area contributed by atoms with Gasteiger partial charge in [-0.05, 0) is 70.5 Å². The van der Waals surface area contributed by atoms with Crippen LogP contribution in [0, 0.1) is 13.8 Å². The number of nitrogens with one attached hydrogen (secondary N) is 2. The fraction of sp³-hybridized carbons (Fsp3) is 0.466. The second-order valence-corrected chi connectivity index (χ2v) is 19.4. The average molecular weight is 1190 g/mol. The summed E-state index contributed by atoms with van der Waals surface area (Å²) >= 11 is 0. The van der Waals surface area contributed by atoms with Gasteiger partial charge in [0.25, 0.3) is 17.7 Å². The first kappa shape index (κ1) is 64.9. The number of Topliss-reactive ketones (excluding diaryl/α,β-unsaturated/α-hetero) is 1. The third kappa shape index (κ3) is 17.9. The van der Waals surface area contributed by atoms with Gasteiger partial charge in [-0.3, -0.25) is 53.1 Å². The van der Waals surface area contributed by atoms with Crippen LogP contribution in [0.1, 0.15) is 85.6 Å². The van der Waals surface area contributed by atoms with E-state index in [1.54, 1.807) is 39.1 Å². The highest BCUT2D eigenvalue weighted by Gasteiger charge is 2.25. The SMILES string of the molecule is CCn1nc(C)cc1C(=O)Cc1nc2cc(C(N)=O)cc(OCCCNC(=O)CCOCCOCCOCCOCCOCCOCCN3C(=O)C=CC3=O)c2n1C/C=C/Cn1c(NC(=O)c2cc(C)nn2CC)nc2cc(C(N)=O)cc(OC)c21. The number of carbonyl (C=O) groups is 7. The predicted molar refractivity (Wildman–Crippen MR) is 312 cm³/mol. The van der Waals surface area contributed by atoms with E-state index in [-0.39, 0.29) is 105 Å². The maximum absolute atomic E-state index is 14.1. The van der Waals surface area contributed by atoms with E-state index < -0.39 is 17.7 Å². The lowest BCUT2D eigenvalue weighted by Crippen LogP contribution is -2.33. The zero-order valence-corrected chi connectivity index (χ0v) is 49.1. The third-order valence-electron chi connectivity index (χ3n) is 13.3. The molecule has 0 saturated heterocycles. The number of primary amides is 2. The van der Waals surface area contributed by atoms with Gasteiger partial charge in [-0.1, -0.05) is 12.2 Å². The summed E-state index contributed by atoms with van der Waals surface area (Å²) in [6.45, 7) is 13.2. The van der Waals surface area contributed by atoms with Gasteiger partial charge in [-0.2, -0.15) is 10.2 Å². The first-order chi connectivity index (χ1) is 41.6. The molecule has 6 N–H and O–H groups in total. The number of anilines is 1. The number of imide groups is 1. The maximum Gasteiger partial charge on any atom is 0.276 e.